The normalized spacial score (nSPS) is 21.4. The number of hydrogen-bond acceptors (Lipinski definition) is 3. The Morgan fingerprint density at radius 2 is 2.23 bits per heavy atom. The number of aromatic nitrogens is 2. The summed E-state index contributed by atoms with van der Waals surface area (Å²) in [7, 11) is 2.04. The zero-order chi connectivity index (χ0) is 15.5. The lowest BCUT2D eigenvalue weighted by Crippen LogP contribution is -2.31. The van der Waals surface area contributed by atoms with Crippen molar-refractivity contribution in [3.8, 4) is 0 Å². The molecule has 0 bridgehead atoms. The minimum absolute atomic E-state index is 0.116. The van der Waals surface area contributed by atoms with E-state index in [1.54, 1.807) is 0 Å². The fourth-order valence-corrected chi connectivity index (χ4v) is 3.28. The maximum Gasteiger partial charge on any atom is 0.223 e. The van der Waals surface area contributed by atoms with E-state index in [4.69, 9.17) is 5.73 Å². The Morgan fingerprint density at radius 1 is 1.41 bits per heavy atom. The van der Waals surface area contributed by atoms with Crippen LogP contribution in [0.1, 0.15) is 31.5 Å². The summed E-state index contributed by atoms with van der Waals surface area (Å²) in [5.41, 5.74) is 8.04. The van der Waals surface area contributed by atoms with E-state index >= 15 is 0 Å². The summed E-state index contributed by atoms with van der Waals surface area (Å²) in [6.07, 6.45) is 4.50. The van der Waals surface area contributed by atoms with Gasteiger partial charge in [-0.3, -0.25) is 4.79 Å². The highest BCUT2D eigenvalue weighted by Crippen LogP contribution is 2.24. The van der Waals surface area contributed by atoms with Crippen LogP contribution in [0.2, 0.25) is 0 Å². The van der Waals surface area contributed by atoms with Gasteiger partial charge in [0.05, 0.1) is 11.0 Å². The molecule has 22 heavy (non-hydrogen) atoms. The van der Waals surface area contributed by atoms with Crippen molar-refractivity contribution < 1.29 is 4.79 Å². The fourth-order valence-electron chi connectivity index (χ4n) is 3.28. The second kappa shape index (κ2) is 6.48. The lowest BCUT2D eigenvalue weighted by molar-refractivity contribution is -0.124. The van der Waals surface area contributed by atoms with Crippen LogP contribution in [0.15, 0.2) is 24.3 Å². The average molecular weight is 300 g/mol. The molecule has 1 aliphatic carbocycles. The van der Waals surface area contributed by atoms with Crippen LogP contribution in [-0.4, -0.2) is 28.0 Å². The number of imidazole rings is 1. The van der Waals surface area contributed by atoms with Crippen LogP contribution in [-0.2, 0) is 18.3 Å². The van der Waals surface area contributed by atoms with E-state index in [2.05, 4.69) is 20.9 Å². The highest BCUT2D eigenvalue weighted by atomic mass is 16.1. The van der Waals surface area contributed by atoms with Gasteiger partial charge in [-0.1, -0.05) is 12.1 Å². The molecule has 5 heteroatoms. The van der Waals surface area contributed by atoms with Crippen molar-refractivity contribution in [3.63, 3.8) is 0 Å². The molecule has 3 rings (SSSR count). The molecule has 1 fully saturated rings. The van der Waals surface area contributed by atoms with E-state index in [1.807, 2.05) is 25.2 Å². The van der Waals surface area contributed by atoms with Crippen LogP contribution < -0.4 is 11.1 Å². The molecule has 1 aromatic carbocycles. The minimum atomic E-state index is 0.116. The highest BCUT2D eigenvalue weighted by Gasteiger charge is 2.27. The van der Waals surface area contributed by atoms with Crippen LogP contribution in [0.5, 0.6) is 0 Å². The van der Waals surface area contributed by atoms with Gasteiger partial charge in [-0.15, -0.1) is 0 Å². The highest BCUT2D eigenvalue weighted by molar-refractivity contribution is 5.79. The molecule has 0 aliphatic heterocycles. The number of nitrogens with two attached hydrogens (primary N) is 1. The second-order valence-electron chi connectivity index (χ2n) is 6.24. The van der Waals surface area contributed by atoms with Crippen molar-refractivity contribution >= 4 is 16.9 Å². The van der Waals surface area contributed by atoms with Gasteiger partial charge in [-0.2, -0.15) is 0 Å². The Hall–Kier alpha value is -1.88. The number of nitrogens with zero attached hydrogens (tertiary/aromatic N) is 2. The number of rotatable bonds is 5. The zero-order valence-corrected chi connectivity index (χ0v) is 13.1. The predicted octanol–water partition coefficient (Wildman–Crippen LogP) is 1.75. The van der Waals surface area contributed by atoms with Crippen molar-refractivity contribution in [1.82, 2.24) is 14.9 Å². The Balaban J connectivity index is 1.48. The van der Waals surface area contributed by atoms with Crippen LogP contribution >= 0.6 is 0 Å². The van der Waals surface area contributed by atoms with E-state index < -0.39 is 0 Å². The molecule has 3 N–H and O–H groups in total. The summed E-state index contributed by atoms with van der Waals surface area (Å²) in [6.45, 7) is 0.702. The van der Waals surface area contributed by atoms with E-state index in [0.717, 1.165) is 49.0 Å². The molecule has 2 unspecified atom stereocenters. The van der Waals surface area contributed by atoms with Gasteiger partial charge in [0.15, 0.2) is 0 Å². The molecular formula is C17H24N4O. The third-order valence-corrected chi connectivity index (χ3v) is 4.60. The van der Waals surface area contributed by atoms with Crippen molar-refractivity contribution in [2.45, 2.75) is 38.1 Å². The lowest BCUT2D eigenvalue weighted by atomic mass is 10.1. The lowest BCUT2D eigenvalue weighted by Gasteiger charge is -2.10. The molecule has 2 aromatic rings. The maximum atomic E-state index is 12.0. The number of carbonyl (C=O) groups excluding carboxylic acids is 1. The first-order chi connectivity index (χ1) is 10.6. The van der Waals surface area contributed by atoms with Crippen molar-refractivity contribution in [1.29, 1.82) is 0 Å². The molecule has 1 heterocycles. The fraction of sp³-hybridized carbons (Fsp3) is 0.529. The third kappa shape index (κ3) is 3.14. The molecule has 1 saturated carbocycles. The molecular weight excluding hydrogens is 276 g/mol. The minimum Gasteiger partial charge on any atom is -0.356 e. The first-order valence-electron chi connectivity index (χ1n) is 8.09. The van der Waals surface area contributed by atoms with Gasteiger partial charge in [0.1, 0.15) is 5.82 Å². The summed E-state index contributed by atoms with van der Waals surface area (Å²) >= 11 is 0. The van der Waals surface area contributed by atoms with Gasteiger partial charge in [0.25, 0.3) is 0 Å². The number of fused-ring (bicyclic) bond motifs is 1. The predicted molar refractivity (Wildman–Crippen MR) is 87.4 cm³/mol. The number of para-hydroxylation sites is 2. The summed E-state index contributed by atoms with van der Waals surface area (Å²) in [6, 6.07) is 8.35. The van der Waals surface area contributed by atoms with E-state index in [-0.39, 0.29) is 17.9 Å². The summed E-state index contributed by atoms with van der Waals surface area (Å²) < 4.78 is 2.13. The molecule has 1 aliphatic rings. The number of hydrogen-bond donors (Lipinski definition) is 2. The smallest absolute Gasteiger partial charge is 0.223 e. The van der Waals surface area contributed by atoms with Crippen LogP contribution in [0.3, 0.4) is 0 Å². The molecule has 0 radical (unpaired) electrons. The van der Waals surface area contributed by atoms with Gasteiger partial charge in [-0.25, -0.2) is 4.98 Å². The van der Waals surface area contributed by atoms with Gasteiger partial charge in [0.2, 0.25) is 5.91 Å². The number of carbonyl (C=O) groups is 1. The van der Waals surface area contributed by atoms with Gasteiger partial charge < -0.3 is 15.6 Å². The molecule has 0 spiro atoms. The second-order valence-corrected chi connectivity index (χ2v) is 6.24. The van der Waals surface area contributed by atoms with E-state index in [1.165, 1.54) is 0 Å². The molecule has 1 amide bonds. The van der Waals surface area contributed by atoms with E-state index in [0.29, 0.717) is 6.54 Å². The third-order valence-electron chi connectivity index (χ3n) is 4.60. The summed E-state index contributed by atoms with van der Waals surface area (Å²) in [5.74, 6) is 1.35. The first kappa shape index (κ1) is 15.0. The molecule has 2 atom stereocenters. The SMILES string of the molecule is Cn1c(CCCNC(=O)C2CCC(N)C2)nc2ccccc21. The Bertz CT molecular complexity index is 664. The van der Waals surface area contributed by atoms with Gasteiger partial charge in [0, 0.05) is 32.0 Å². The Morgan fingerprint density at radius 3 is 2.95 bits per heavy atom. The van der Waals surface area contributed by atoms with Crippen molar-refractivity contribution in [2.75, 3.05) is 6.54 Å². The topological polar surface area (TPSA) is 72.9 Å². The maximum absolute atomic E-state index is 12.0. The van der Waals surface area contributed by atoms with Crippen molar-refractivity contribution in [3.05, 3.63) is 30.1 Å². The number of nitrogens with one attached hydrogen (secondary N) is 1. The van der Waals surface area contributed by atoms with Crippen LogP contribution in [0, 0.1) is 5.92 Å². The number of benzene rings is 1. The zero-order valence-electron chi connectivity index (χ0n) is 13.1. The molecule has 118 valence electrons. The van der Waals surface area contributed by atoms with Gasteiger partial charge >= 0.3 is 0 Å². The number of amides is 1. The molecule has 1 aromatic heterocycles. The van der Waals surface area contributed by atoms with Crippen LogP contribution in [0.4, 0.5) is 0 Å². The van der Waals surface area contributed by atoms with E-state index in [9.17, 15) is 4.79 Å². The Labute approximate surface area is 130 Å². The number of aryl methyl sites for hydroxylation is 2. The van der Waals surface area contributed by atoms with Crippen molar-refractivity contribution in [2.24, 2.45) is 18.7 Å². The first-order valence-corrected chi connectivity index (χ1v) is 8.09. The van der Waals surface area contributed by atoms with Crippen LogP contribution in [0.25, 0.3) is 11.0 Å². The molecule has 0 saturated heterocycles. The monoisotopic (exact) mass is 300 g/mol. The standard InChI is InChI=1S/C17H24N4O/c1-21-15-6-3-2-5-14(15)20-16(21)7-4-10-19-17(22)12-8-9-13(18)11-12/h2-3,5-6,12-13H,4,7-11,18H2,1H3,(H,19,22). The summed E-state index contributed by atoms with van der Waals surface area (Å²) in [4.78, 5) is 16.7. The Kier molecular flexibility index (Phi) is 4.43. The quantitative estimate of drug-likeness (QED) is 0.826. The largest absolute Gasteiger partial charge is 0.356 e. The van der Waals surface area contributed by atoms with Gasteiger partial charge in [-0.05, 0) is 37.8 Å². The summed E-state index contributed by atoms with van der Waals surface area (Å²) in [5, 5.41) is 3.04. The average Bonchev–Trinajstić information content (AvgIpc) is 3.08. The molecule has 5 nitrogen and oxygen atoms in total.